The minimum absolute atomic E-state index is 0.0946. The zero-order chi connectivity index (χ0) is 11.1. The molecule has 0 amide bonds. The Bertz CT molecular complexity index is 311. The van der Waals surface area contributed by atoms with Crippen molar-refractivity contribution in [3.05, 3.63) is 29.8 Å². The van der Waals surface area contributed by atoms with E-state index in [0.717, 1.165) is 6.29 Å². The summed E-state index contributed by atoms with van der Waals surface area (Å²) in [6, 6.07) is 6.86. The number of aldehydes is 1. The molecule has 0 spiro atoms. The van der Waals surface area contributed by atoms with Gasteiger partial charge in [0, 0.05) is 12.7 Å². The lowest BCUT2D eigenvalue weighted by atomic mass is 10.2. The first-order chi connectivity index (χ1) is 7.26. The van der Waals surface area contributed by atoms with Crippen LogP contribution in [-0.4, -0.2) is 26.5 Å². The van der Waals surface area contributed by atoms with Gasteiger partial charge in [0.1, 0.15) is 12.0 Å². The summed E-state index contributed by atoms with van der Waals surface area (Å²) in [5, 5.41) is 0. The average Bonchev–Trinajstić information content (AvgIpc) is 2.29. The number of hydrogen-bond acceptors (Lipinski definition) is 4. The molecule has 1 rings (SSSR count). The van der Waals surface area contributed by atoms with Gasteiger partial charge in [-0.15, -0.1) is 0 Å². The van der Waals surface area contributed by atoms with Crippen LogP contribution in [0, 0.1) is 0 Å². The Balaban J connectivity index is 2.40. The fourth-order valence-corrected chi connectivity index (χ4v) is 0.944. The average molecular weight is 210 g/mol. The van der Waals surface area contributed by atoms with Crippen LogP contribution in [0.5, 0.6) is 5.75 Å². The van der Waals surface area contributed by atoms with Crippen molar-refractivity contribution in [2.24, 2.45) is 0 Å². The van der Waals surface area contributed by atoms with Gasteiger partial charge >= 0.3 is 0 Å². The smallest absolute Gasteiger partial charge is 0.191 e. The van der Waals surface area contributed by atoms with E-state index >= 15 is 0 Å². The normalized spacial score (nSPS) is 12.1. The van der Waals surface area contributed by atoms with Crippen LogP contribution in [0.15, 0.2) is 24.3 Å². The molecule has 4 nitrogen and oxygen atoms in total. The van der Waals surface area contributed by atoms with Gasteiger partial charge in [-0.3, -0.25) is 4.79 Å². The zero-order valence-corrected chi connectivity index (χ0v) is 8.80. The van der Waals surface area contributed by atoms with Gasteiger partial charge in [0.25, 0.3) is 0 Å². The summed E-state index contributed by atoms with van der Waals surface area (Å²) >= 11 is 0. The monoisotopic (exact) mass is 210 g/mol. The Morgan fingerprint density at radius 1 is 1.47 bits per heavy atom. The van der Waals surface area contributed by atoms with Crippen LogP contribution < -0.4 is 4.74 Å². The van der Waals surface area contributed by atoms with Crippen molar-refractivity contribution < 1.29 is 19.0 Å². The van der Waals surface area contributed by atoms with Crippen LogP contribution >= 0.6 is 0 Å². The molecule has 1 atom stereocenters. The third-order valence-electron chi connectivity index (χ3n) is 1.85. The molecule has 82 valence electrons. The summed E-state index contributed by atoms with van der Waals surface area (Å²) in [6.45, 7) is 1.86. The van der Waals surface area contributed by atoms with Gasteiger partial charge in [-0.1, -0.05) is 12.1 Å². The Morgan fingerprint density at radius 2 is 2.27 bits per heavy atom. The largest absolute Gasteiger partial charge is 0.467 e. The predicted octanol–water partition coefficient (Wildman–Crippen LogP) is 1.84. The Kier molecular flexibility index (Phi) is 4.80. The maximum atomic E-state index is 10.5. The molecule has 1 aromatic rings. The van der Waals surface area contributed by atoms with Gasteiger partial charge in [-0.2, -0.15) is 0 Å². The van der Waals surface area contributed by atoms with Gasteiger partial charge < -0.3 is 14.2 Å². The maximum absolute atomic E-state index is 10.5. The standard InChI is InChI=1S/C11H14O4/c1-9(13-2)14-8-15-11-5-3-4-10(6-11)7-12/h3-7,9H,8H2,1-2H3. The van der Waals surface area contributed by atoms with E-state index in [0.29, 0.717) is 11.3 Å². The fraction of sp³-hybridized carbons (Fsp3) is 0.364. The molecule has 0 heterocycles. The van der Waals surface area contributed by atoms with E-state index < -0.39 is 0 Å². The highest BCUT2D eigenvalue weighted by Crippen LogP contribution is 2.11. The van der Waals surface area contributed by atoms with Crippen molar-refractivity contribution in [2.45, 2.75) is 13.2 Å². The molecule has 0 aliphatic carbocycles. The van der Waals surface area contributed by atoms with Crippen molar-refractivity contribution in [1.29, 1.82) is 0 Å². The SMILES string of the molecule is COC(C)OCOc1cccc(C=O)c1. The molecule has 1 unspecified atom stereocenters. The molecule has 0 aromatic heterocycles. The van der Waals surface area contributed by atoms with Gasteiger partial charge in [-0.05, 0) is 19.1 Å². The zero-order valence-electron chi connectivity index (χ0n) is 8.80. The van der Waals surface area contributed by atoms with Crippen molar-refractivity contribution in [2.75, 3.05) is 13.9 Å². The highest BCUT2D eigenvalue weighted by molar-refractivity contribution is 5.75. The number of ether oxygens (including phenoxy) is 3. The lowest BCUT2D eigenvalue weighted by Gasteiger charge is -2.11. The van der Waals surface area contributed by atoms with E-state index in [9.17, 15) is 4.79 Å². The number of methoxy groups -OCH3 is 1. The van der Waals surface area contributed by atoms with E-state index in [4.69, 9.17) is 14.2 Å². The molecule has 0 bridgehead atoms. The van der Waals surface area contributed by atoms with E-state index in [2.05, 4.69) is 0 Å². The summed E-state index contributed by atoms with van der Waals surface area (Å²) < 4.78 is 15.3. The Hall–Kier alpha value is -1.39. The van der Waals surface area contributed by atoms with Crippen molar-refractivity contribution in [3.63, 3.8) is 0 Å². The van der Waals surface area contributed by atoms with Crippen LogP contribution in [0.25, 0.3) is 0 Å². The first-order valence-corrected chi connectivity index (χ1v) is 4.58. The first kappa shape index (κ1) is 11.7. The molecule has 1 aromatic carbocycles. The summed E-state index contributed by atoms with van der Waals surface area (Å²) in [6.07, 6.45) is 0.463. The highest BCUT2D eigenvalue weighted by atomic mass is 16.7. The topological polar surface area (TPSA) is 44.8 Å². The second kappa shape index (κ2) is 6.16. The minimum Gasteiger partial charge on any atom is -0.467 e. The van der Waals surface area contributed by atoms with E-state index in [1.54, 1.807) is 38.3 Å². The Labute approximate surface area is 88.8 Å². The molecule has 0 saturated heterocycles. The maximum Gasteiger partial charge on any atom is 0.191 e. The van der Waals surface area contributed by atoms with E-state index in [1.165, 1.54) is 0 Å². The van der Waals surface area contributed by atoms with E-state index in [-0.39, 0.29) is 13.1 Å². The molecule has 0 aliphatic rings. The molecular formula is C11H14O4. The first-order valence-electron chi connectivity index (χ1n) is 4.58. The summed E-state index contributed by atoms with van der Waals surface area (Å²) in [5.41, 5.74) is 0.576. The molecular weight excluding hydrogens is 196 g/mol. The molecule has 0 fully saturated rings. The molecule has 15 heavy (non-hydrogen) atoms. The van der Waals surface area contributed by atoms with E-state index in [1.807, 2.05) is 0 Å². The van der Waals surface area contributed by atoms with Gasteiger partial charge in [0.15, 0.2) is 13.1 Å². The van der Waals surface area contributed by atoms with Gasteiger partial charge in [0.2, 0.25) is 0 Å². The summed E-state index contributed by atoms with van der Waals surface area (Å²) in [7, 11) is 1.55. The van der Waals surface area contributed by atoms with Crippen LogP contribution in [0.3, 0.4) is 0 Å². The number of benzene rings is 1. The van der Waals surface area contributed by atoms with Gasteiger partial charge in [-0.25, -0.2) is 0 Å². The highest BCUT2D eigenvalue weighted by Gasteiger charge is 1.99. The van der Waals surface area contributed by atoms with Crippen molar-refractivity contribution >= 4 is 6.29 Å². The van der Waals surface area contributed by atoms with Crippen molar-refractivity contribution in [1.82, 2.24) is 0 Å². The van der Waals surface area contributed by atoms with Crippen LogP contribution in [0.1, 0.15) is 17.3 Å². The lowest BCUT2D eigenvalue weighted by Crippen LogP contribution is -2.14. The molecule has 0 N–H and O–H groups in total. The lowest BCUT2D eigenvalue weighted by molar-refractivity contribution is -0.149. The molecule has 0 saturated carbocycles. The number of carbonyl (C=O) groups excluding carboxylic acids is 1. The molecule has 4 heteroatoms. The quantitative estimate of drug-likeness (QED) is 0.531. The van der Waals surface area contributed by atoms with Gasteiger partial charge in [0.05, 0.1) is 0 Å². The number of rotatable bonds is 6. The minimum atomic E-state index is -0.306. The third kappa shape index (κ3) is 4.10. The van der Waals surface area contributed by atoms with Crippen LogP contribution in [0.4, 0.5) is 0 Å². The fourth-order valence-electron chi connectivity index (χ4n) is 0.944. The van der Waals surface area contributed by atoms with Crippen LogP contribution in [0.2, 0.25) is 0 Å². The molecule has 0 aliphatic heterocycles. The third-order valence-corrected chi connectivity index (χ3v) is 1.85. The second-order valence-electron chi connectivity index (χ2n) is 2.92. The summed E-state index contributed by atoms with van der Waals surface area (Å²) in [5.74, 6) is 0.600. The van der Waals surface area contributed by atoms with Crippen LogP contribution in [-0.2, 0) is 9.47 Å². The predicted molar refractivity (Wildman–Crippen MR) is 54.9 cm³/mol. The van der Waals surface area contributed by atoms with Crippen molar-refractivity contribution in [3.8, 4) is 5.75 Å². The number of carbonyl (C=O) groups is 1. The number of hydrogen-bond donors (Lipinski definition) is 0. The Morgan fingerprint density at radius 3 is 2.93 bits per heavy atom. The summed E-state index contributed by atoms with van der Waals surface area (Å²) in [4.78, 5) is 10.5. The molecule has 0 radical (unpaired) electrons. The second-order valence-corrected chi connectivity index (χ2v) is 2.92.